The van der Waals surface area contributed by atoms with Crippen molar-refractivity contribution in [1.29, 1.82) is 0 Å². The van der Waals surface area contributed by atoms with Gasteiger partial charge in [-0.1, -0.05) is 0 Å². The maximum atomic E-state index is 12.3. The summed E-state index contributed by atoms with van der Waals surface area (Å²) < 4.78 is 0.933. The summed E-state index contributed by atoms with van der Waals surface area (Å²) in [6.07, 6.45) is 8.63. The fourth-order valence-corrected chi connectivity index (χ4v) is 5.23. The summed E-state index contributed by atoms with van der Waals surface area (Å²) in [5.41, 5.74) is 0.667. The second-order valence-electron chi connectivity index (χ2n) is 6.66. The number of hydrogen-bond donors (Lipinski definition) is 2. The van der Waals surface area contributed by atoms with Gasteiger partial charge in [0, 0.05) is 16.7 Å². The van der Waals surface area contributed by atoms with E-state index in [4.69, 9.17) is 0 Å². The van der Waals surface area contributed by atoms with Gasteiger partial charge in [-0.3, -0.25) is 4.79 Å². The highest BCUT2D eigenvalue weighted by molar-refractivity contribution is 9.10. The lowest BCUT2D eigenvalue weighted by atomic mass is 9.54. The fraction of sp³-hybridized carbons (Fsp3) is 0.667. The Bertz CT molecular complexity index is 482. The van der Waals surface area contributed by atoms with Gasteiger partial charge in [0.25, 0.3) is 5.91 Å². The highest BCUT2D eigenvalue weighted by atomic mass is 79.9. The Labute approximate surface area is 121 Å². The molecule has 19 heavy (non-hydrogen) atoms. The molecule has 4 bridgehead atoms. The van der Waals surface area contributed by atoms with Crippen LogP contribution in [-0.2, 0) is 0 Å². The van der Waals surface area contributed by atoms with Gasteiger partial charge in [0.1, 0.15) is 5.69 Å². The van der Waals surface area contributed by atoms with E-state index in [1.807, 2.05) is 12.3 Å². The molecule has 0 saturated heterocycles. The molecule has 102 valence electrons. The molecule has 4 saturated carbocycles. The van der Waals surface area contributed by atoms with Crippen LogP contribution in [0.15, 0.2) is 16.7 Å². The molecular formula is C15H19BrN2O. The van der Waals surface area contributed by atoms with E-state index in [-0.39, 0.29) is 5.91 Å². The first-order valence-electron chi connectivity index (χ1n) is 7.34. The zero-order valence-electron chi connectivity index (χ0n) is 10.9. The van der Waals surface area contributed by atoms with Gasteiger partial charge in [0.2, 0.25) is 0 Å². The Kier molecular flexibility index (Phi) is 2.76. The molecule has 2 N–H and O–H groups in total. The van der Waals surface area contributed by atoms with Crippen LogP contribution in [0, 0.1) is 23.7 Å². The van der Waals surface area contributed by atoms with E-state index in [2.05, 4.69) is 26.2 Å². The molecule has 4 fully saturated rings. The van der Waals surface area contributed by atoms with Gasteiger partial charge < -0.3 is 10.3 Å². The van der Waals surface area contributed by atoms with Crippen LogP contribution in [0.1, 0.15) is 42.6 Å². The average Bonchev–Trinajstić information content (AvgIpc) is 2.79. The molecule has 0 aliphatic heterocycles. The number of hydrogen-bond acceptors (Lipinski definition) is 1. The van der Waals surface area contributed by atoms with Crippen molar-refractivity contribution >= 4 is 21.8 Å². The quantitative estimate of drug-likeness (QED) is 0.861. The number of amides is 1. The van der Waals surface area contributed by atoms with Crippen LogP contribution < -0.4 is 5.32 Å². The minimum Gasteiger partial charge on any atom is -0.356 e. The minimum absolute atomic E-state index is 0.0585. The van der Waals surface area contributed by atoms with Gasteiger partial charge >= 0.3 is 0 Å². The lowest BCUT2D eigenvalue weighted by Gasteiger charge is -2.54. The molecule has 4 aliphatic rings. The first-order valence-corrected chi connectivity index (χ1v) is 8.13. The van der Waals surface area contributed by atoms with E-state index in [1.54, 1.807) is 0 Å². The van der Waals surface area contributed by atoms with Crippen molar-refractivity contribution in [2.75, 3.05) is 0 Å². The normalized spacial score (nSPS) is 39.5. The van der Waals surface area contributed by atoms with E-state index in [0.29, 0.717) is 11.7 Å². The number of rotatable bonds is 2. The predicted octanol–water partition coefficient (Wildman–Crippen LogP) is 3.33. The summed E-state index contributed by atoms with van der Waals surface area (Å²) >= 11 is 3.38. The van der Waals surface area contributed by atoms with Gasteiger partial charge in [-0.15, -0.1) is 0 Å². The fourth-order valence-electron chi connectivity index (χ4n) is 4.89. The molecule has 3 nitrogen and oxygen atoms in total. The Morgan fingerprint density at radius 1 is 1.16 bits per heavy atom. The smallest absolute Gasteiger partial charge is 0.267 e. The number of H-pyrrole nitrogens is 1. The maximum Gasteiger partial charge on any atom is 0.267 e. The van der Waals surface area contributed by atoms with Gasteiger partial charge in [0.15, 0.2) is 0 Å². The van der Waals surface area contributed by atoms with Crippen molar-refractivity contribution in [3.8, 4) is 0 Å². The lowest BCUT2D eigenvalue weighted by Crippen LogP contribution is -2.55. The van der Waals surface area contributed by atoms with E-state index < -0.39 is 0 Å². The first kappa shape index (κ1) is 12.0. The summed E-state index contributed by atoms with van der Waals surface area (Å²) in [5, 5.41) is 3.30. The summed E-state index contributed by atoms with van der Waals surface area (Å²) in [7, 11) is 0. The van der Waals surface area contributed by atoms with Gasteiger partial charge in [-0.2, -0.15) is 0 Å². The largest absolute Gasteiger partial charge is 0.356 e. The number of carbonyl (C=O) groups is 1. The Morgan fingerprint density at radius 3 is 2.32 bits per heavy atom. The standard InChI is InChI=1S/C15H19BrN2O/c16-12-6-13(17-7-12)15(19)18-14-10-2-8-1-9(4-10)5-11(14)3-8/h6-11,14,17H,1-5H2,(H,18,19). The third-order valence-electron chi connectivity index (χ3n) is 5.42. The molecule has 1 heterocycles. The predicted molar refractivity (Wildman–Crippen MR) is 76.8 cm³/mol. The summed E-state index contributed by atoms with van der Waals surface area (Å²) in [5.74, 6) is 3.44. The topological polar surface area (TPSA) is 44.9 Å². The molecule has 1 aromatic heterocycles. The second-order valence-corrected chi connectivity index (χ2v) is 7.58. The third kappa shape index (κ3) is 2.04. The summed E-state index contributed by atoms with van der Waals surface area (Å²) in [6, 6.07) is 2.27. The maximum absolute atomic E-state index is 12.3. The van der Waals surface area contributed by atoms with Gasteiger partial charge in [-0.05, 0) is 77.8 Å². The molecule has 4 heteroatoms. The third-order valence-corrected chi connectivity index (χ3v) is 5.87. The molecule has 0 aromatic carbocycles. The van der Waals surface area contributed by atoms with Gasteiger partial charge in [0.05, 0.1) is 0 Å². The number of nitrogens with one attached hydrogen (secondary N) is 2. The van der Waals surface area contributed by atoms with E-state index in [9.17, 15) is 4.79 Å². The zero-order valence-corrected chi connectivity index (χ0v) is 12.4. The minimum atomic E-state index is 0.0585. The van der Waals surface area contributed by atoms with Crippen molar-refractivity contribution in [3.63, 3.8) is 0 Å². The Hall–Kier alpha value is -0.770. The van der Waals surface area contributed by atoms with E-state index in [1.165, 1.54) is 32.1 Å². The van der Waals surface area contributed by atoms with Crippen LogP contribution in [0.4, 0.5) is 0 Å². The van der Waals surface area contributed by atoms with Crippen LogP contribution in [0.5, 0.6) is 0 Å². The van der Waals surface area contributed by atoms with Crippen LogP contribution in [0.25, 0.3) is 0 Å². The molecule has 4 aliphatic carbocycles. The van der Waals surface area contributed by atoms with Crippen LogP contribution >= 0.6 is 15.9 Å². The highest BCUT2D eigenvalue weighted by Gasteiger charge is 2.48. The molecule has 0 unspecified atom stereocenters. The average molecular weight is 323 g/mol. The number of aromatic amines is 1. The first-order chi connectivity index (χ1) is 9.19. The highest BCUT2D eigenvalue weighted by Crippen LogP contribution is 2.53. The van der Waals surface area contributed by atoms with Crippen molar-refractivity contribution in [3.05, 3.63) is 22.4 Å². The van der Waals surface area contributed by atoms with E-state index >= 15 is 0 Å². The SMILES string of the molecule is O=C(NC1C2CC3CC(C2)CC1C3)c1cc(Br)c[nH]1. The Balaban J connectivity index is 1.49. The molecule has 1 amide bonds. The second kappa shape index (κ2) is 4.37. The number of halogens is 1. The zero-order chi connectivity index (χ0) is 13.0. The molecule has 5 rings (SSSR count). The van der Waals surface area contributed by atoms with Crippen molar-refractivity contribution in [1.82, 2.24) is 10.3 Å². The van der Waals surface area contributed by atoms with Crippen molar-refractivity contribution < 1.29 is 4.79 Å². The van der Waals surface area contributed by atoms with Crippen LogP contribution in [-0.4, -0.2) is 16.9 Å². The molecular weight excluding hydrogens is 304 g/mol. The number of carbonyl (C=O) groups excluding carboxylic acids is 1. The van der Waals surface area contributed by atoms with Crippen molar-refractivity contribution in [2.45, 2.75) is 38.1 Å². The number of aromatic nitrogens is 1. The van der Waals surface area contributed by atoms with Crippen LogP contribution in [0.3, 0.4) is 0 Å². The van der Waals surface area contributed by atoms with Crippen molar-refractivity contribution in [2.24, 2.45) is 23.7 Å². The monoisotopic (exact) mass is 322 g/mol. The molecule has 0 atom stereocenters. The molecule has 1 aromatic rings. The van der Waals surface area contributed by atoms with Crippen LogP contribution in [0.2, 0.25) is 0 Å². The lowest BCUT2D eigenvalue weighted by molar-refractivity contribution is -0.0120. The molecule has 0 radical (unpaired) electrons. The van der Waals surface area contributed by atoms with E-state index in [0.717, 1.165) is 28.1 Å². The summed E-state index contributed by atoms with van der Waals surface area (Å²) in [6.45, 7) is 0. The molecule has 0 spiro atoms. The summed E-state index contributed by atoms with van der Waals surface area (Å²) in [4.78, 5) is 15.3. The Morgan fingerprint density at radius 2 is 1.79 bits per heavy atom. The van der Waals surface area contributed by atoms with Gasteiger partial charge in [-0.25, -0.2) is 0 Å².